The highest BCUT2D eigenvalue weighted by molar-refractivity contribution is 9.10. The zero-order chi connectivity index (χ0) is 11.8. The van der Waals surface area contributed by atoms with Gasteiger partial charge in [0.25, 0.3) is 0 Å². The quantitative estimate of drug-likeness (QED) is 0.697. The lowest BCUT2D eigenvalue weighted by Gasteiger charge is -2.05. The highest BCUT2D eigenvalue weighted by atomic mass is 79.9. The van der Waals surface area contributed by atoms with Crippen LogP contribution in [0, 0.1) is 5.82 Å². The van der Waals surface area contributed by atoms with Crippen LogP contribution in [0.2, 0.25) is 0 Å². The van der Waals surface area contributed by atoms with Crippen LogP contribution in [-0.2, 0) is 0 Å². The van der Waals surface area contributed by atoms with Gasteiger partial charge in [0.1, 0.15) is 0 Å². The molecule has 0 aliphatic carbocycles. The Morgan fingerprint density at radius 1 is 1.31 bits per heavy atom. The lowest BCUT2D eigenvalue weighted by Crippen LogP contribution is -2.01. The first kappa shape index (κ1) is 13.4. The van der Waals surface area contributed by atoms with Crippen LogP contribution in [0.3, 0.4) is 0 Å². The second-order valence-corrected chi connectivity index (χ2v) is 4.62. The first-order valence-electron chi connectivity index (χ1n) is 5.68. The molecule has 0 saturated heterocycles. The molecule has 0 aliphatic heterocycles. The number of rotatable bonds is 7. The Labute approximate surface area is 104 Å². The molecule has 0 spiro atoms. The molecule has 0 aromatic carbocycles. The third-order valence-corrected chi connectivity index (χ3v) is 2.69. The minimum atomic E-state index is -0.414. The molecule has 0 saturated carbocycles. The largest absolute Gasteiger partial charge is 0.476 e. The Bertz CT molecular complexity index is 320. The number of nitrogens with zero attached hydrogens (tertiary/aromatic N) is 1. The number of pyridine rings is 1. The lowest BCUT2D eigenvalue weighted by atomic mass is 10.2. The van der Waals surface area contributed by atoms with Crippen LogP contribution >= 0.6 is 15.9 Å². The maximum atomic E-state index is 13.3. The minimum absolute atomic E-state index is 0.0960. The van der Waals surface area contributed by atoms with Crippen molar-refractivity contribution >= 4 is 15.9 Å². The molecule has 1 aromatic heterocycles. The molecule has 90 valence electrons. The zero-order valence-corrected chi connectivity index (χ0v) is 11.1. The molecule has 1 heterocycles. The molecular formula is C12H17BrFNO. The molecular weight excluding hydrogens is 273 g/mol. The van der Waals surface area contributed by atoms with Gasteiger partial charge in [-0.25, -0.2) is 9.37 Å². The van der Waals surface area contributed by atoms with E-state index < -0.39 is 5.82 Å². The van der Waals surface area contributed by atoms with Gasteiger partial charge in [-0.15, -0.1) is 0 Å². The SMILES string of the molecule is CCCCCCCOc1ncc(Br)cc1F. The normalized spacial score (nSPS) is 10.4. The Morgan fingerprint density at radius 2 is 2.06 bits per heavy atom. The third-order valence-electron chi connectivity index (χ3n) is 2.26. The van der Waals surface area contributed by atoms with Crippen LogP contribution in [-0.4, -0.2) is 11.6 Å². The number of halogens is 2. The topological polar surface area (TPSA) is 22.1 Å². The average Bonchev–Trinajstić information content (AvgIpc) is 2.26. The molecule has 2 nitrogen and oxygen atoms in total. The predicted octanol–water partition coefficient (Wildman–Crippen LogP) is 4.33. The summed E-state index contributed by atoms with van der Waals surface area (Å²) >= 11 is 3.15. The summed E-state index contributed by atoms with van der Waals surface area (Å²) in [5.41, 5.74) is 0. The maximum Gasteiger partial charge on any atom is 0.250 e. The van der Waals surface area contributed by atoms with Crippen molar-refractivity contribution in [3.8, 4) is 5.88 Å². The molecule has 0 radical (unpaired) electrons. The van der Waals surface area contributed by atoms with Gasteiger partial charge in [-0.2, -0.15) is 0 Å². The summed E-state index contributed by atoms with van der Waals surface area (Å²) in [6.45, 7) is 2.72. The first-order chi connectivity index (χ1) is 7.74. The summed E-state index contributed by atoms with van der Waals surface area (Å²) in [5.74, 6) is -0.318. The molecule has 0 bridgehead atoms. The molecule has 0 atom stereocenters. The van der Waals surface area contributed by atoms with Crippen molar-refractivity contribution < 1.29 is 9.13 Å². The average molecular weight is 290 g/mol. The van der Waals surface area contributed by atoms with Gasteiger partial charge in [-0.1, -0.05) is 32.6 Å². The smallest absolute Gasteiger partial charge is 0.250 e. The Morgan fingerprint density at radius 3 is 2.75 bits per heavy atom. The van der Waals surface area contributed by atoms with E-state index in [0.717, 1.165) is 12.8 Å². The van der Waals surface area contributed by atoms with Crippen molar-refractivity contribution in [3.05, 3.63) is 22.6 Å². The highest BCUT2D eigenvalue weighted by Crippen LogP contribution is 2.18. The standard InChI is InChI=1S/C12H17BrFNO/c1-2-3-4-5-6-7-16-12-11(14)8-10(13)9-15-12/h8-9H,2-7H2,1H3. The number of aromatic nitrogens is 1. The predicted molar refractivity (Wildman–Crippen MR) is 66.1 cm³/mol. The van der Waals surface area contributed by atoms with E-state index in [-0.39, 0.29) is 5.88 Å². The second kappa shape index (κ2) is 7.60. The molecule has 0 fully saturated rings. The van der Waals surface area contributed by atoms with Crippen LogP contribution in [0.4, 0.5) is 4.39 Å². The van der Waals surface area contributed by atoms with E-state index in [2.05, 4.69) is 27.8 Å². The second-order valence-electron chi connectivity index (χ2n) is 3.70. The van der Waals surface area contributed by atoms with E-state index in [4.69, 9.17) is 4.74 Å². The third kappa shape index (κ3) is 4.92. The fourth-order valence-electron chi connectivity index (χ4n) is 1.38. The van der Waals surface area contributed by atoms with Gasteiger partial charge in [0, 0.05) is 10.7 Å². The number of ether oxygens (including phenoxy) is 1. The Balaban J connectivity index is 2.21. The van der Waals surface area contributed by atoms with Crippen LogP contribution in [0.1, 0.15) is 39.0 Å². The number of unbranched alkanes of at least 4 members (excludes halogenated alkanes) is 4. The highest BCUT2D eigenvalue weighted by Gasteiger charge is 2.04. The van der Waals surface area contributed by atoms with Gasteiger partial charge >= 0.3 is 0 Å². The van der Waals surface area contributed by atoms with Gasteiger partial charge in [0.15, 0.2) is 5.82 Å². The molecule has 0 unspecified atom stereocenters. The molecule has 16 heavy (non-hydrogen) atoms. The Kier molecular flexibility index (Phi) is 6.38. The molecule has 0 amide bonds. The molecule has 4 heteroatoms. The summed E-state index contributed by atoms with van der Waals surface area (Å²) in [5, 5.41) is 0. The summed E-state index contributed by atoms with van der Waals surface area (Å²) in [6, 6.07) is 1.36. The zero-order valence-electron chi connectivity index (χ0n) is 9.51. The van der Waals surface area contributed by atoms with Gasteiger partial charge in [0.05, 0.1) is 6.61 Å². The Hall–Kier alpha value is -0.640. The van der Waals surface area contributed by atoms with Gasteiger partial charge in [-0.3, -0.25) is 0 Å². The summed E-state index contributed by atoms with van der Waals surface area (Å²) in [4.78, 5) is 3.87. The van der Waals surface area contributed by atoms with Crippen LogP contribution in [0.25, 0.3) is 0 Å². The van der Waals surface area contributed by atoms with Crippen LogP contribution in [0.5, 0.6) is 5.88 Å². The van der Waals surface area contributed by atoms with E-state index >= 15 is 0 Å². The van der Waals surface area contributed by atoms with Crippen molar-refractivity contribution in [2.24, 2.45) is 0 Å². The number of hydrogen-bond acceptors (Lipinski definition) is 2. The van der Waals surface area contributed by atoms with E-state index in [0.29, 0.717) is 11.1 Å². The van der Waals surface area contributed by atoms with E-state index in [1.807, 2.05) is 0 Å². The molecule has 1 rings (SSSR count). The molecule has 1 aromatic rings. The van der Waals surface area contributed by atoms with E-state index in [9.17, 15) is 4.39 Å². The molecule has 0 N–H and O–H groups in total. The molecule has 0 aliphatic rings. The summed E-state index contributed by atoms with van der Waals surface area (Å²) in [6.07, 6.45) is 7.32. The van der Waals surface area contributed by atoms with Crippen LogP contribution in [0.15, 0.2) is 16.7 Å². The van der Waals surface area contributed by atoms with E-state index in [1.54, 1.807) is 0 Å². The maximum absolute atomic E-state index is 13.3. The lowest BCUT2D eigenvalue weighted by molar-refractivity contribution is 0.278. The van der Waals surface area contributed by atoms with Gasteiger partial charge in [0.2, 0.25) is 5.88 Å². The van der Waals surface area contributed by atoms with Crippen molar-refractivity contribution in [3.63, 3.8) is 0 Å². The van der Waals surface area contributed by atoms with E-state index in [1.165, 1.54) is 31.5 Å². The van der Waals surface area contributed by atoms with Crippen molar-refractivity contribution in [1.82, 2.24) is 4.98 Å². The first-order valence-corrected chi connectivity index (χ1v) is 6.47. The number of hydrogen-bond donors (Lipinski definition) is 0. The van der Waals surface area contributed by atoms with Crippen LogP contribution < -0.4 is 4.74 Å². The summed E-state index contributed by atoms with van der Waals surface area (Å²) in [7, 11) is 0. The monoisotopic (exact) mass is 289 g/mol. The minimum Gasteiger partial charge on any atom is -0.476 e. The summed E-state index contributed by atoms with van der Waals surface area (Å²) < 4.78 is 19.2. The fraction of sp³-hybridized carbons (Fsp3) is 0.583. The van der Waals surface area contributed by atoms with Gasteiger partial charge in [-0.05, 0) is 28.4 Å². The fourth-order valence-corrected chi connectivity index (χ4v) is 1.69. The van der Waals surface area contributed by atoms with Crippen molar-refractivity contribution in [2.45, 2.75) is 39.0 Å². The van der Waals surface area contributed by atoms with Crippen molar-refractivity contribution in [1.29, 1.82) is 0 Å². The van der Waals surface area contributed by atoms with Crippen molar-refractivity contribution in [2.75, 3.05) is 6.61 Å². The van der Waals surface area contributed by atoms with Gasteiger partial charge < -0.3 is 4.74 Å².